The highest BCUT2D eigenvalue weighted by atomic mass is 35.5. The van der Waals surface area contributed by atoms with Crippen molar-refractivity contribution in [3.05, 3.63) is 46.4 Å². The molecule has 0 N–H and O–H groups in total. The van der Waals surface area contributed by atoms with E-state index in [2.05, 4.69) is 17.3 Å². The number of nitrogens with zero attached hydrogens (tertiary/aromatic N) is 1. The first-order valence-corrected chi connectivity index (χ1v) is 7.13. The Bertz CT molecular complexity index is 751. The van der Waals surface area contributed by atoms with Gasteiger partial charge in [0.25, 0.3) is 0 Å². The zero-order valence-electron chi connectivity index (χ0n) is 10.6. The average molecular weight is 290 g/mol. The van der Waals surface area contributed by atoms with Crippen LogP contribution in [0.15, 0.2) is 35.8 Å². The lowest BCUT2D eigenvalue weighted by atomic mass is 10.1. The van der Waals surface area contributed by atoms with Gasteiger partial charge in [0.15, 0.2) is 0 Å². The van der Waals surface area contributed by atoms with Crippen LogP contribution in [0, 0.1) is 6.92 Å². The normalized spacial score (nSPS) is 10.9. The molecule has 0 spiro atoms. The molecule has 0 aliphatic rings. The second-order valence-corrected chi connectivity index (χ2v) is 5.59. The molecule has 0 saturated heterocycles. The molecule has 2 aromatic heterocycles. The lowest BCUT2D eigenvalue weighted by Gasteiger charge is -2.05. The molecular weight excluding hydrogens is 278 g/mol. The van der Waals surface area contributed by atoms with Crippen molar-refractivity contribution in [3.8, 4) is 16.9 Å². The van der Waals surface area contributed by atoms with Gasteiger partial charge in [0.2, 0.25) is 0 Å². The van der Waals surface area contributed by atoms with E-state index in [9.17, 15) is 0 Å². The van der Waals surface area contributed by atoms with Crippen molar-refractivity contribution in [1.82, 2.24) is 4.98 Å². The molecular formula is C15H12ClNOS. The number of aromatic nitrogens is 1. The van der Waals surface area contributed by atoms with E-state index in [0.717, 1.165) is 22.4 Å². The Hall–Kier alpha value is -1.58. The van der Waals surface area contributed by atoms with Crippen molar-refractivity contribution in [2.75, 3.05) is 7.11 Å². The number of aryl methyl sites for hydroxylation is 1. The molecule has 2 nitrogen and oxygen atoms in total. The highest BCUT2D eigenvalue weighted by Gasteiger charge is 2.12. The maximum absolute atomic E-state index is 6.34. The van der Waals surface area contributed by atoms with Crippen LogP contribution in [0.25, 0.3) is 21.3 Å². The molecule has 0 amide bonds. The quantitative estimate of drug-likeness (QED) is 0.667. The van der Waals surface area contributed by atoms with Crippen molar-refractivity contribution in [1.29, 1.82) is 0 Å². The number of rotatable bonds is 2. The summed E-state index contributed by atoms with van der Waals surface area (Å²) in [7, 11) is 1.64. The fourth-order valence-corrected chi connectivity index (χ4v) is 3.37. The molecule has 0 bridgehead atoms. The molecule has 0 atom stereocenters. The fraction of sp³-hybridized carbons (Fsp3) is 0.133. The van der Waals surface area contributed by atoms with Gasteiger partial charge in [-0.1, -0.05) is 11.6 Å². The van der Waals surface area contributed by atoms with Crippen molar-refractivity contribution in [2.24, 2.45) is 0 Å². The van der Waals surface area contributed by atoms with Crippen LogP contribution in [0.3, 0.4) is 0 Å². The Morgan fingerprint density at radius 1 is 1.21 bits per heavy atom. The van der Waals surface area contributed by atoms with Gasteiger partial charge in [-0.2, -0.15) is 0 Å². The van der Waals surface area contributed by atoms with Crippen molar-refractivity contribution in [3.63, 3.8) is 0 Å². The summed E-state index contributed by atoms with van der Waals surface area (Å²) in [6.45, 7) is 2.10. The van der Waals surface area contributed by atoms with Gasteiger partial charge in [-0.15, -0.1) is 11.3 Å². The summed E-state index contributed by atoms with van der Waals surface area (Å²) in [5.74, 6) is 0.762. The number of thiophene rings is 1. The Morgan fingerprint density at radius 3 is 2.79 bits per heavy atom. The van der Waals surface area contributed by atoms with Crippen LogP contribution in [0.4, 0.5) is 0 Å². The summed E-state index contributed by atoms with van der Waals surface area (Å²) in [4.78, 5) is 4.48. The second-order valence-electron chi connectivity index (χ2n) is 4.30. The van der Waals surface area contributed by atoms with E-state index in [4.69, 9.17) is 16.3 Å². The molecule has 0 saturated carbocycles. The van der Waals surface area contributed by atoms with Crippen LogP contribution in [0.1, 0.15) is 5.56 Å². The van der Waals surface area contributed by atoms with Gasteiger partial charge in [-0.25, -0.2) is 0 Å². The van der Waals surface area contributed by atoms with Crippen molar-refractivity contribution in [2.45, 2.75) is 6.92 Å². The first-order chi connectivity index (χ1) is 9.20. The lowest BCUT2D eigenvalue weighted by Crippen LogP contribution is -1.85. The fourth-order valence-electron chi connectivity index (χ4n) is 2.09. The molecule has 0 aliphatic heterocycles. The highest BCUT2D eigenvalue weighted by molar-refractivity contribution is 7.17. The topological polar surface area (TPSA) is 22.1 Å². The first kappa shape index (κ1) is 12.5. The van der Waals surface area contributed by atoms with E-state index in [1.165, 1.54) is 10.3 Å². The Kier molecular flexibility index (Phi) is 3.17. The zero-order chi connectivity index (χ0) is 13.4. The van der Waals surface area contributed by atoms with Gasteiger partial charge >= 0.3 is 0 Å². The predicted molar refractivity (Wildman–Crippen MR) is 81.4 cm³/mol. The number of hydrogen-bond acceptors (Lipinski definition) is 3. The van der Waals surface area contributed by atoms with Gasteiger partial charge in [-0.3, -0.25) is 4.98 Å². The number of pyridine rings is 1. The average Bonchev–Trinajstić information content (AvgIpc) is 2.84. The Morgan fingerprint density at radius 2 is 2.05 bits per heavy atom. The third-order valence-electron chi connectivity index (χ3n) is 3.12. The summed E-state index contributed by atoms with van der Waals surface area (Å²) < 4.78 is 6.39. The molecule has 0 aliphatic carbocycles. The molecule has 4 heteroatoms. The summed E-state index contributed by atoms with van der Waals surface area (Å²) in [6.07, 6.45) is 1.84. The molecule has 0 unspecified atom stereocenters. The van der Waals surface area contributed by atoms with Crippen molar-refractivity contribution < 1.29 is 4.74 Å². The first-order valence-electron chi connectivity index (χ1n) is 5.87. The van der Waals surface area contributed by atoms with Gasteiger partial charge in [-0.05, 0) is 36.8 Å². The number of hydrogen-bond donors (Lipinski definition) is 0. The van der Waals surface area contributed by atoms with Gasteiger partial charge < -0.3 is 4.74 Å². The Balaban J connectivity index is 2.22. The number of benzene rings is 1. The maximum atomic E-state index is 6.34. The van der Waals surface area contributed by atoms with E-state index in [0.29, 0.717) is 5.02 Å². The van der Waals surface area contributed by atoms with Crippen LogP contribution in [-0.2, 0) is 0 Å². The Labute approximate surface area is 120 Å². The lowest BCUT2D eigenvalue weighted by molar-refractivity contribution is 0.415. The summed E-state index contributed by atoms with van der Waals surface area (Å²) >= 11 is 8.04. The molecule has 96 valence electrons. The number of halogens is 1. The molecule has 3 rings (SSSR count). The molecule has 19 heavy (non-hydrogen) atoms. The molecule has 2 heterocycles. The van der Waals surface area contributed by atoms with Crippen LogP contribution in [-0.4, -0.2) is 12.1 Å². The SMILES string of the molecule is COc1ccc(-c2csc3c(C)ccnc23)c(Cl)c1. The third kappa shape index (κ3) is 2.09. The van der Waals surface area contributed by atoms with Crippen LogP contribution < -0.4 is 4.74 Å². The minimum atomic E-state index is 0.683. The standard InChI is InChI=1S/C15H12ClNOS/c1-9-5-6-17-14-12(8-19-15(9)14)11-4-3-10(18-2)7-13(11)16/h3-8H,1-2H3. The second kappa shape index (κ2) is 4.83. The van der Waals surface area contributed by atoms with Gasteiger partial charge in [0.1, 0.15) is 5.75 Å². The van der Waals surface area contributed by atoms with Crippen LogP contribution >= 0.6 is 22.9 Å². The summed E-state index contributed by atoms with van der Waals surface area (Å²) in [5.41, 5.74) is 4.33. The number of fused-ring (bicyclic) bond motifs is 1. The van der Waals surface area contributed by atoms with Crippen molar-refractivity contribution >= 4 is 33.2 Å². The molecule has 1 aromatic carbocycles. The van der Waals surface area contributed by atoms with E-state index in [1.54, 1.807) is 18.4 Å². The van der Waals surface area contributed by atoms with Crippen LogP contribution in [0.5, 0.6) is 5.75 Å². The summed E-state index contributed by atoms with van der Waals surface area (Å²) in [5, 5.41) is 2.79. The third-order valence-corrected chi connectivity index (χ3v) is 4.53. The molecule has 0 fully saturated rings. The van der Waals surface area contributed by atoms with E-state index in [-0.39, 0.29) is 0 Å². The predicted octanol–water partition coefficient (Wildman–Crippen LogP) is 4.93. The zero-order valence-corrected chi connectivity index (χ0v) is 12.2. The minimum Gasteiger partial charge on any atom is -0.497 e. The van der Waals surface area contributed by atoms with Gasteiger partial charge in [0.05, 0.1) is 22.3 Å². The van der Waals surface area contributed by atoms with E-state index in [1.807, 2.05) is 30.5 Å². The monoisotopic (exact) mass is 289 g/mol. The largest absolute Gasteiger partial charge is 0.497 e. The van der Waals surface area contributed by atoms with Gasteiger partial charge in [0, 0.05) is 22.7 Å². The maximum Gasteiger partial charge on any atom is 0.120 e. The van der Waals surface area contributed by atoms with Crippen LogP contribution in [0.2, 0.25) is 5.02 Å². The summed E-state index contributed by atoms with van der Waals surface area (Å²) in [6, 6.07) is 7.75. The van der Waals surface area contributed by atoms with E-state index >= 15 is 0 Å². The highest BCUT2D eigenvalue weighted by Crippen LogP contribution is 2.38. The number of methoxy groups -OCH3 is 1. The smallest absolute Gasteiger partial charge is 0.120 e. The minimum absolute atomic E-state index is 0.683. The molecule has 3 aromatic rings. The van der Waals surface area contributed by atoms with E-state index < -0.39 is 0 Å². The molecule has 0 radical (unpaired) electrons. The number of ether oxygens (including phenoxy) is 1.